The lowest BCUT2D eigenvalue weighted by Crippen LogP contribution is -2.41. The van der Waals surface area contributed by atoms with Crippen LogP contribution in [0.15, 0.2) is 9.70 Å². The van der Waals surface area contributed by atoms with Crippen LogP contribution in [-0.4, -0.2) is 52.0 Å². The summed E-state index contributed by atoms with van der Waals surface area (Å²) in [4.78, 5) is 30.9. The molecule has 4 rings (SSSR count). The van der Waals surface area contributed by atoms with E-state index in [1.807, 2.05) is 13.0 Å². The van der Waals surface area contributed by atoms with Crippen LogP contribution in [0.3, 0.4) is 0 Å². The highest BCUT2D eigenvalue weighted by Gasteiger charge is 2.38. The number of rotatable bonds is 4. The van der Waals surface area contributed by atoms with Crippen LogP contribution in [0.1, 0.15) is 55.7 Å². The molecule has 0 unspecified atom stereocenters. The topological polar surface area (TPSA) is 78.6 Å². The summed E-state index contributed by atoms with van der Waals surface area (Å²) in [6, 6.07) is 2.25. The number of pyridine rings is 1. The Bertz CT molecular complexity index is 1060. The predicted octanol–water partition coefficient (Wildman–Crippen LogP) is 3.42. The number of amides is 1. The van der Waals surface area contributed by atoms with Crippen molar-refractivity contribution in [1.29, 1.82) is 5.26 Å². The van der Waals surface area contributed by atoms with Gasteiger partial charge in [0.1, 0.15) is 21.8 Å². The van der Waals surface area contributed by atoms with Crippen molar-refractivity contribution < 1.29 is 9.53 Å². The molecule has 0 spiro atoms. The van der Waals surface area contributed by atoms with Crippen molar-refractivity contribution in [2.45, 2.75) is 58.5 Å². The normalized spacial score (nSPS) is 21.5. The number of ether oxygens (including phenoxy) is 1. The monoisotopic (exact) mass is 472 g/mol. The van der Waals surface area contributed by atoms with Gasteiger partial charge in [0, 0.05) is 31.2 Å². The number of aromatic nitrogens is 1. The van der Waals surface area contributed by atoms with E-state index in [4.69, 9.17) is 17.0 Å². The van der Waals surface area contributed by atoms with E-state index in [2.05, 4.69) is 11.0 Å². The first-order valence-corrected chi connectivity index (χ1v) is 12.5. The number of hydrogen-bond acceptors (Lipinski definition) is 7. The first-order valence-electron chi connectivity index (χ1n) is 11.2. The Morgan fingerprint density at radius 1 is 1.22 bits per heavy atom. The highest BCUT2D eigenvalue weighted by Crippen LogP contribution is 2.39. The summed E-state index contributed by atoms with van der Waals surface area (Å²) in [5.74, 6) is 0.687. The van der Waals surface area contributed by atoms with Crippen molar-refractivity contribution in [2.24, 2.45) is 0 Å². The van der Waals surface area contributed by atoms with E-state index >= 15 is 0 Å². The fourth-order valence-corrected chi connectivity index (χ4v) is 6.20. The zero-order valence-corrected chi connectivity index (χ0v) is 20.2. The number of carbonyl (C=O) groups excluding carboxylic acids is 1. The van der Waals surface area contributed by atoms with Crippen LogP contribution in [-0.2, 0) is 16.1 Å². The molecule has 0 aromatic carbocycles. The molecule has 0 atom stereocenters. The van der Waals surface area contributed by atoms with Gasteiger partial charge in [0.15, 0.2) is 0 Å². The predicted molar refractivity (Wildman–Crippen MR) is 131 cm³/mol. The fraction of sp³-hybridized carbons (Fsp3) is 0.565. The molecule has 170 valence electrons. The molecule has 1 aliphatic carbocycles. The summed E-state index contributed by atoms with van der Waals surface area (Å²) in [5.41, 5.74) is 1.18. The molecule has 7 nitrogen and oxygen atoms in total. The fourth-order valence-electron chi connectivity index (χ4n) is 4.82. The highest BCUT2D eigenvalue weighted by atomic mass is 32.2. The minimum Gasteiger partial charge on any atom is -0.378 e. The second-order valence-corrected chi connectivity index (χ2v) is 10.0. The molecule has 32 heavy (non-hydrogen) atoms. The van der Waals surface area contributed by atoms with Crippen molar-refractivity contribution in [1.82, 2.24) is 9.47 Å². The second-order valence-electron chi connectivity index (χ2n) is 8.34. The first kappa shape index (κ1) is 23.0. The standard InChI is InChI=1S/C23H28N4O3S2/c1-3-26-20(25-9-11-30-12-10-25)17(15(2)18(14-24)21(26)28)13-19-22(29)27(23(31)32-19)16-7-5-4-6-8-16/h13,16H,3-12H2,1-2H3. The van der Waals surface area contributed by atoms with Crippen LogP contribution >= 0.6 is 24.0 Å². The second kappa shape index (κ2) is 9.77. The molecule has 3 fully saturated rings. The average Bonchev–Trinajstić information content (AvgIpc) is 3.09. The number of anilines is 1. The Balaban J connectivity index is 1.83. The Hall–Kier alpha value is -2.15. The molecule has 3 aliphatic rings. The van der Waals surface area contributed by atoms with E-state index in [9.17, 15) is 14.9 Å². The van der Waals surface area contributed by atoms with Gasteiger partial charge >= 0.3 is 0 Å². The number of nitrogens with zero attached hydrogens (tertiary/aromatic N) is 4. The molecule has 0 bridgehead atoms. The SMILES string of the molecule is CCn1c(N2CCOCC2)c(C=C2SC(=S)N(C3CCCCC3)C2=O)c(C)c(C#N)c1=O. The van der Waals surface area contributed by atoms with Gasteiger partial charge in [-0.15, -0.1) is 0 Å². The number of nitriles is 1. The van der Waals surface area contributed by atoms with Gasteiger partial charge in [0.2, 0.25) is 0 Å². The smallest absolute Gasteiger partial charge is 0.270 e. The number of hydrogen-bond donors (Lipinski definition) is 0. The third-order valence-electron chi connectivity index (χ3n) is 6.51. The molecule has 1 aromatic rings. The number of thioether (sulfide) groups is 1. The third kappa shape index (κ3) is 4.12. The van der Waals surface area contributed by atoms with E-state index in [0.717, 1.165) is 37.1 Å². The third-order valence-corrected chi connectivity index (χ3v) is 7.84. The van der Waals surface area contributed by atoms with Crippen molar-refractivity contribution in [3.63, 3.8) is 0 Å². The minimum atomic E-state index is -0.291. The van der Waals surface area contributed by atoms with Gasteiger partial charge in [-0.25, -0.2) is 0 Å². The zero-order valence-electron chi connectivity index (χ0n) is 18.6. The van der Waals surface area contributed by atoms with Gasteiger partial charge in [0.25, 0.3) is 11.5 Å². The van der Waals surface area contributed by atoms with E-state index in [0.29, 0.717) is 47.6 Å². The van der Waals surface area contributed by atoms with Crippen LogP contribution in [0, 0.1) is 18.3 Å². The lowest BCUT2D eigenvalue weighted by Gasteiger charge is -2.33. The van der Waals surface area contributed by atoms with E-state index in [-0.39, 0.29) is 23.1 Å². The molecule has 1 aromatic heterocycles. The highest BCUT2D eigenvalue weighted by molar-refractivity contribution is 8.26. The maximum Gasteiger partial charge on any atom is 0.270 e. The number of thiocarbonyl (C=S) groups is 1. The molecule has 0 radical (unpaired) electrons. The molecule has 1 amide bonds. The quantitative estimate of drug-likeness (QED) is 0.491. The van der Waals surface area contributed by atoms with Crippen LogP contribution in [0.25, 0.3) is 6.08 Å². The lowest BCUT2D eigenvalue weighted by molar-refractivity contribution is -0.124. The van der Waals surface area contributed by atoms with E-state index in [1.165, 1.54) is 18.2 Å². The molecular formula is C23H28N4O3S2. The molecule has 1 saturated carbocycles. The summed E-state index contributed by atoms with van der Waals surface area (Å²) in [5, 5.41) is 9.69. The van der Waals surface area contributed by atoms with Crippen LogP contribution in [0.2, 0.25) is 0 Å². The van der Waals surface area contributed by atoms with Crippen LogP contribution in [0.4, 0.5) is 5.82 Å². The van der Waals surface area contributed by atoms with Crippen LogP contribution in [0.5, 0.6) is 0 Å². The van der Waals surface area contributed by atoms with Gasteiger partial charge in [-0.2, -0.15) is 5.26 Å². The Labute approximate surface area is 198 Å². The van der Waals surface area contributed by atoms with Crippen molar-refractivity contribution in [3.8, 4) is 6.07 Å². The Morgan fingerprint density at radius 3 is 2.53 bits per heavy atom. The maximum atomic E-state index is 13.4. The minimum absolute atomic E-state index is 0.0630. The Kier molecular flexibility index (Phi) is 7.03. The summed E-state index contributed by atoms with van der Waals surface area (Å²) in [6.07, 6.45) is 7.25. The van der Waals surface area contributed by atoms with Gasteiger partial charge in [-0.1, -0.05) is 43.2 Å². The van der Waals surface area contributed by atoms with Gasteiger partial charge in [-0.05, 0) is 38.3 Å². The van der Waals surface area contributed by atoms with Gasteiger partial charge in [0.05, 0.1) is 18.1 Å². The van der Waals surface area contributed by atoms with Crippen LogP contribution < -0.4 is 10.5 Å². The zero-order chi connectivity index (χ0) is 22.8. The first-order chi connectivity index (χ1) is 15.5. The van der Waals surface area contributed by atoms with E-state index < -0.39 is 0 Å². The van der Waals surface area contributed by atoms with Gasteiger partial charge in [-0.3, -0.25) is 19.1 Å². The summed E-state index contributed by atoms with van der Waals surface area (Å²) >= 11 is 6.91. The number of carbonyl (C=O) groups is 1. The van der Waals surface area contributed by atoms with Crippen molar-refractivity contribution in [2.75, 3.05) is 31.2 Å². The molecule has 3 heterocycles. The van der Waals surface area contributed by atoms with Crippen molar-refractivity contribution >= 4 is 46.1 Å². The number of morpholine rings is 1. The maximum absolute atomic E-state index is 13.4. The molecule has 0 N–H and O–H groups in total. The summed E-state index contributed by atoms with van der Waals surface area (Å²) < 4.78 is 7.75. The molecule has 2 aliphatic heterocycles. The average molecular weight is 473 g/mol. The molecule has 9 heteroatoms. The van der Waals surface area contributed by atoms with Crippen molar-refractivity contribution in [3.05, 3.63) is 31.9 Å². The lowest BCUT2D eigenvalue weighted by atomic mass is 9.94. The molecule has 2 saturated heterocycles. The Morgan fingerprint density at radius 2 is 1.91 bits per heavy atom. The van der Waals surface area contributed by atoms with Gasteiger partial charge < -0.3 is 9.64 Å². The van der Waals surface area contributed by atoms with E-state index in [1.54, 1.807) is 16.4 Å². The molecular weight excluding hydrogens is 444 g/mol. The summed E-state index contributed by atoms with van der Waals surface area (Å²) in [7, 11) is 0. The largest absolute Gasteiger partial charge is 0.378 e. The summed E-state index contributed by atoms with van der Waals surface area (Å²) in [6.45, 7) is 6.56.